The number of sulfonamides is 1. The highest BCUT2D eigenvalue weighted by atomic mass is 79.9. The Morgan fingerprint density at radius 1 is 1.61 bits per heavy atom. The quantitative estimate of drug-likeness (QED) is 0.886. The van der Waals surface area contributed by atoms with Gasteiger partial charge in [-0.2, -0.15) is 4.31 Å². The highest BCUT2D eigenvalue weighted by Crippen LogP contribution is 2.30. The molecule has 0 radical (unpaired) electrons. The number of morpholine rings is 1. The average molecular weight is 340 g/mol. The first-order chi connectivity index (χ1) is 8.46. The summed E-state index contributed by atoms with van der Waals surface area (Å²) in [6.45, 7) is 2.52. The fourth-order valence-electron chi connectivity index (χ4n) is 1.85. The molecule has 1 fully saturated rings. The lowest BCUT2D eigenvalue weighted by Crippen LogP contribution is -2.46. The topological polar surface area (TPSA) is 80.0 Å². The van der Waals surface area contributed by atoms with Gasteiger partial charge in [-0.25, -0.2) is 8.42 Å². The summed E-state index contributed by atoms with van der Waals surface area (Å²) in [7, 11) is -3.63. The lowest BCUT2D eigenvalue weighted by atomic mass is 10.3. The summed E-state index contributed by atoms with van der Waals surface area (Å²) in [5, 5.41) is 8.96. The maximum atomic E-state index is 12.4. The molecule has 2 rings (SSSR count). The second-order valence-corrected chi connectivity index (χ2v) is 6.63. The van der Waals surface area contributed by atoms with E-state index in [0.29, 0.717) is 19.8 Å². The Labute approximate surface area is 114 Å². The summed E-state index contributed by atoms with van der Waals surface area (Å²) in [6, 6.07) is 1.12. The smallest absolute Gasteiger partial charge is 0.247 e. The second-order valence-electron chi connectivity index (χ2n) is 4.05. The van der Waals surface area contributed by atoms with Gasteiger partial charge in [0, 0.05) is 18.7 Å². The molecule has 2 heterocycles. The molecule has 1 aliphatic rings. The maximum Gasteiger partial charge on any atom is 0.247 e. The fourth-order valence-corrected chi connectivity index (χ4v) is 4.41. The molecule has 0 amide bonds. The lowest BCUT2D eigenvalue weighted by Gasteiger charge is -2.31. The minimum atomic E-state index is -3.63. The van der Waals surface area contributed by atoms with Gasteiger partial charge in [-0.05, 0) is 22.9 Å². The molecule has 18 heavy (non-hydrogen) atoms. The van der Waals surface area contributed by atoms with Crippen molar-refractivity contribution in [3.05, 3.63) is 16.5 Å². The number of aliphatic hydroxyl groups excluding tert-OH is 1. The molecule has 1 atom stereocenters. The van der Waals surface area contributed by atoms with E-state index in [0.717, 1.165) is 0 Å². The van der Waals surface area contributed by atoms with Crippen molar-refractivity contribution in [1.29, 1.82) is 0 Å². The van der Waals surface area contributed by atoms with Crippen LogP contribution in [-0.2, 0) is 21.4 Å². The molecule has 102 valence electrons. The Morgan fingerprint density at radius 3 is 2.89 bits per heavy atom. The molecule has 0 spiro atoms. The minimum Gasteiger partial charge on any atom is -0.450 e. The van der Waals surface area contributed by atoms with Crippen LogP contribution in [0.15, 0.2) is 20.0 Å². The number of hydrogen-bond donors (Lipinski definition) is 1. The summed E-state index contributed by atoms with van der Waals surface area (Å²) in [5.41, 5.74) is 0. The molecule has 1 aliphatic heterocycles. The number of nitrogens with zero attached hydrogens (tertiary/aromatic N) is 1. The molecule has 0 saturated carbocycles. The molecule has 1 aromatic rings. The van der Waals surface area contributed by atoms with E-state index in [2.05, 4.69) is 15.9 Å². The van der Waals surface area contributed by atoms with Crippen molar-refractivity contribution in [3.8, 4) is 0 Å². The largest absolute Gasteiger partial charge is 0.450 e. The number of halogens is 1. The summed E-state index contributed by atoms with van der Waals surface area (Å²) in [6.07, 6.45) is 0. The van der Waals surface area contributed by atoms with Crippen LogP contribution in [0.4, 0.5) is 0 Å². The Balaban J connectivity index is 2.37. The van der Waals surface area contributed by atoms with Gasteiger partial charge >= 0.3 is 0 Å². The van der Waals surface area contributed by atoms with Crippen molar-refractivity contribution in [1.82, 2.24) is 4.31 Å². The van der Waals surface area contributed by atoms with Gasteiger partial charge in [-0.3, -0.25) is 0 Å². The van der Waals surface area contributed by atoms with Gasteiger partial charge in [0.05, 0.1) is 13.2 Å². The van der Waals surface area contributed by atoms with Crippen LogP contribution in [0.3, 0.4) is 0 Å². The zero-order valence-corrected chi connectivity index (χ0v) is 12.2. The molecule has 0 bridgehead atoms. The van der Waals surface area contributed by atoms with Crippen LogP contribution in [0.2, 0.25) is 0 Å². The van der Waals surface area contributed by atoms with Gasteiger partial charge in [0.2, 0.25) is 10.0 Å². The van der Waals surface area contributed by atoms with Crippen molar-refractivity contribution in [2.75, 3.05) is 19.8 Å². The normalized spacial score (nSPS) is 22.3. The number of aliphatic hydroxyl groups is 1. The van der Waals surface area contributed by atoms with E-state index in [1.807, 2.05) is 0 Å². The predicted molar refractivity (Wildman–Crippen MR) is 66.5 cm³/mol. The number of ether oxygens (including phenoxy) is 1. The maximum absolute atomic E-state index is 12.4. The fraction of sp³-hybridized carbons (Fsp3) is 0.600. The van der Waals surface area contributed by atoms with Crippen molar-refractivity contribution < 1.29 is 22.7 Å². The average Bonchev–Trinajstić information content (AvgIpc) is 2.71. The van der Waals surface area contributed by atoms with E-state index in [1.54, 1.807) is 6.92 Å². The van der Waals surface area contributed by atoms with E-state index in [-0.39, 0.29) is 28.0 Å². The van der Waals surface area contributed by atoms with Gasteiger partial charge in [0.1, 0.15) is 17.3 Å². The Kier molecular flexibility index (Phi) is 4.12. The third-order valence-electron chi connectivity index (χ3n) is 2.76. The Hall–Kier alpha value is -0.410. The number of furan rings is 1. The predicted octanol–water partition coefficient (Wildman–Crippen LogP) is 0.944. The lowest BCUT2D eigenvalue weighted by molar-refractivity contribution is 0.0392. The molecule has 6 nitrogen and oxygen atoms in total. The van der Waals surface area contributed by atoms with Crippen LogP contribution in [0.1, 0.15) is 12.7 Å². The summed E-state index contributed by atoms with van der Waals surface area (Å²) in [5.74, 6) is 0.210. The first-order valence-corrected chi connectivity index (χ1v) is 7.68. The van der Waals surface area contributed by atoms with E-state index in [4.69, 9.17) is 14.3 Å². The minimum absolute atomic E-state index is 0.0419. The third kappa shape index (κ3) is 2.48. The molecular formula is C10H14BrNO5S. The van der Waals surface area contributed by atoms with Crippen molar-refractivity contribution in [3.63, 3.8) is 0 Å². The summed E-state index contributed by atoms with van der Waals surface area (Å²) in [4.78, 5) is 0.0419. The van der Waals surface area contributed by atoms with E-state index in [1.165, 1.54) is 10.4 Å². The number of hydrogen-bond acceptors (Lipinski definition) is 5. The van der Waals surface area contributed by atoms with Crippen LogP contribution in [0, 0.1) is 0 Å². The highest BCUT2D eigenvalue weighted by Gasteiger charge is 2.34. The third-order valence-corrected chi connectivity index (χ3v) is 5.63. The second kappa shape index (κ2) is 5.30. The van der Waals surface area contributed by atoms with Gasteiger partial charge in [0.25, 0.3) is 0 Å². The number of rotatable bonds is 3. The first-order valence-electron chi connectivity index (χ1n) is 5.45. The van der Waals surface area contributed by atoms with Gasteiger partial charge < -0.3 is 14.3 Å². The van der Waals surface area contributed by atoms with Crippen LogP contribution in [-0.4, -0.2) is 43.6 Å². The van der Waals surface area contributed by atoms with Crippen molar-refractivity contribution >= 4 is 26.0 Å². The van der Waals surface area contributed by atoms with Crippen LogP contribution in [0.5, 0.6) is 0 Å². The van der Waals surface area contributed by atoms with E-state index < -0.39 is 10.0 Å². The molecule has 0 aliphatic carbocycles. The van der Waals surface area contributed by atoms with Crippen molar-refractivity contribution in [2.24, 2.45) is 0 Å². The SMILES string of the molecule is CC1COCCN1S(=O)(=O)c1cc(CO)oc1Br. The van der Waals surface area contributed by atoms with Crippen LogP contribution < -0.4 is 0 Å². The standard InChI is InChI=1S/C10H14BrNO5S/c1-7-6-16-3-2-12(7)18(14,15)9-4-8(5-13)17-10(9)11/h4,7,13H,2-3,5-6H2,1H3. The van der Waals surface area contributed by atoms with Crippen LogP contribution in [0.25, 0.3) is 0 Å². The zero-order chi connectivity index (χ0) is 13.3. The first kappa shape index (κ1) is 14.0. The highest BCUT2D eigenvalue weighted by molar-refractivity contribution is 9.10. The molecule has 1 saturated heterocycles. The Morgan fingerprint density at radius 2 is 2.33 bits per heavy atom. The summed E-state index contributed by atoms with van der Waals surface area (Å²) < 4.78 is 36.7. The van der Waals surface area contributed by atoms with Crippen molar-refractivity contribution in [2.45, 2.75) is 24.5 Å². The van der Waals surface area contributed by atoms with Gasteiger partial charge in [-0.1, -0.05) is 0 Å². The molecule has 1 N–H and O–H groups in total. The molecule has 0 aromatic carbocycles. The zero-order valence-electron chi connectivity index (χ0n) is 9.80. The monoisotopic (exact) mass is 339 g/mol. The molecule has 8 heteroatoms. The van der Waals surface area contributed by atoms with Gasteiger partial charge in [-0.15, -0.1) is 0 Å². The van der Waals surface area contributed by atoms with Gasteiger partial charge in [0.15, 0.2) is 4.67 Å². The van der Waals surface area contributed by atoms with E-state index >= 15 is 0 Å². The molecular weight excluding hydrogens is 326 g/mol. The summed E-state index contributed by atoms with van der Waals surface area (Å²) >= 11 is 3.07. The molecule has 1 unspecified atom stereocenters. The van der Waals surface area contributed by atoms with E-state index in [9.17, 15) is 8.42 Å². The Bertz CT molecular complexity index is 526. The van der Waals surface area contributed by atoms with Crippen LogP contribution >= 0.6 is 15.9 Å². The molecule has 1 aromatic heterocycles.